The molecule has 0 saturated heterocycles. The van der Waals surface area contributed by atoms with Gasteiger partial charge in [-0.25, -0.2) is 4.98 Å². The molecule has 1 amide bonds. The molecule has 120 valence electrons. The van der Waals surface area contributed by atoms with Crippen molar-refractivity contribution in [3.8, 4) is 0 Å². The predicted octanol–water partition coefficient (Wildman–Crippen LogP) is 1.78. The first kappa shape index (κ1) is 16.8. The summed E-state index contributed by atoms with van der Waals surface area (Å²) in [5, 5.41) is 0.757. The number of fused-ring (bicyclic) bond motifs is 1. The van der Waals surface area contributed by atoms with E-state index in [0.29, 0.717) is 32.1 Å². The zero-order valence-electron chi connectivity index (χ0n) is 12.9. The molecule has 1 aromatic heterocycles. The van der Waals surface area contributed by atoms with Crippen molar-refractivity contribution in [2.24, 2.45) is 0 Å². The lowest BCUT2D eigenvalue weighted by molar-refractivity contribution is -0.129. The van der Waals surface area contributed by atoms with Crippen molar-refractivity contribution in [2.45, 2.75) is 5.16 Å². The zero-order chi connectivity index (χ0) is 15.8. The van der Waals surface area contributed by atoms with Crippen LogP contribution in [0.25, 0.3) is 11.0 Å². The number of thioether (sulfide) groups is 1. The molecule has 1 heterocycles. The zero-order valence-corrected chi connectivity index (χ0v) is 13.7. The molecule has 22 heavy (non-hydrogen) atoms. The monoisotopic (exact) mass is 323 g/mol. The second-order valence-electron chi connectivity index (χ2n) is 4.71. The van der Waals surface area contributed by atoms with Crippen LogP contribution in [0.3, 0.4) is 0 Å². The van der Waals surface area contributed by atoms with Gasteiger partial charge in [-0.2, -0.15) is 0 Å². The number of aromatic nitrogens is 2. The van der Waals surface area contributed by atoms with Crippen molar-refractivity contribution in [1.29, 1.82) is 0 Å². The molecule has 0 atom stereocenters. The molecule has 1 aromatic carbocycles. The number of methoxy groups -OCH3 is 2. The molecule has 0 fully saturated rings. The minimum Gasteiger partial charge on any atom is -0.383 e. The fraction of sp³-hybridized carbons (Fsp3) is 0.467. The molecular weight excluding hydrogens is 302 g/mol. The molecular formula is C15H21N3O3S. The first-order valence-electron chi connectivity index (χ1n) is 7.07. The number of nitrogens with one attached hydrogen (secondary N) is 1. The van der Waals surface area contributed by atoms with Crippen LogP contribution in [-0.4, -0.2) is 67.1 Å². The molecule has 0 bridgehead atoms. The van der Waals surface area contributed by atoms with Gasteiger partial charge in [0.2, 0.25) is 5.91 Å². The Morgan fingerprint density at radius 3 is 2.55 bits per heavy atom. The predicted molar refractivity (Wildman–Crippen MR) is 87.1 cm³/mol. The van der Waals surface area contributed by atoms with Crippen molar-refractivity contribution in [3.05, 3.63) is 24.3 Å². The number of hydrogen-bond acceptors (Lipinski definition) is 5. The average molecular weight is 323 g/mol. The van der Waals surface area contributed by atoms with E-state index in [9.17, 15) is 4.79 Å². The topological polar surface area (TPSA) is 67.5 Å². The minimum absolute atomic E-state index is 0.0551. The van der Waals surface area contributed by atoms with Gasteiger partial charge in [0.15, 0.2) is 5.16 Å². The van der Waals surface area contributed by atoms with E-state index >= 15 is 0 Å². The number of benzene rings is 1. The number of ether oxygens (including phenoxy) is 2. The summed E-state index contributed by atoms with van der Waals surface area (Å²) in [5.41, 5.74) is 1.89. The molecule has 7 heteroatoms. The van der Waals surface area contributed by atoms with Crippen LogP contribution >= 0.6 is 11.8 Å². The van der Waals surface area contributed by atoms with Crippen LogP contribution in [0.4, 0.5) is 0 Å². The minimum atomic E-state index is 0.0551. The number of amides is 1. The maximum absolute atomic E-state index is 12.3. The largest absolute Gasteiger partial charge is 0.383 e. The van der Waals surface area contributed by atoms with Crippen molar-refractivity contribution in [3.63, 3.8) is 0 Å². The van der Waals surface area contributed by atoms with Gasteiger partial charge in [0.1, 0.15) is 0 Å². The maximum atomic E-state index is 12.3. The summed E-state index contributed by atoms with van der Waals surface area (Å²) in [5.74, 6) is 0.396. The van der Waals surface area contributed by atoms with Gasteiger partial charge in [0, 0.05) is 27.3 Å². The molecule has 0 aliphatic heterocycles. The van der Waals surface area contributed by atoms with Crippen LogP contribution in [0, 0.1) is 0 Å². The smallest absolute Gasteiger partial charge is 0.233 e. The summed E-state index contributed by atoms with van der Waals surface area (Å²) in [4.78, 5) is 21.7. The average Bonchev–Trinajstić information content (AvgIpc) is 2.95. The van der Waals surface area contributed by atoms with E-state index in [4.69, 9.17) is 9.47 Å². The normalized spacial score (nSPS) is 11.0. The standard InChI is InChI=1S/C15H21N3O3S/c1-20-9-7-18(8-10-21-2)14(19)11-22-15-16-12-5-3-4-6-13(12)17-15/h3-6H,7-11H2,1-2H3,(H,16,17). The van der Waals surface area contributed by atoms with E-state index in [1.54, 1.807) is 19.1 Å². The van der Waals surface area contributed by atoms with Crippen LogP contribution in [0.2, 0.25) is 0 Å². The number of H-pyrrole nitrogens is 1. The summed E-state index contributed by atoms with van der Waals surface area (Å²) >= 11 is 1.41. The third-order valence-corrected chi connectivity index (χ3v) is 4.04. The van der Waals surface area contributed by atoms with Gasteiger partial charge < -0.3 is 19.4 Å². The molecule has 0 spiro atoms. The number of carbonyl (C=O) groups excluding carboxylic acids is 1. The van der Waals surface area contributed by atoms with E-state index in [0.717, 1.165) is 16.2 Å². The van der Waals surface area contributed by atoms with Crippen molar-refractivity contribution < 1.29 is 14.3 Å². The summed E-state index contributed by atoms with van der Waals surface area (Å²) < 4.78 is 10.1. The molecule has 2 rings (SSSR count). The number of imidazole rings is 1. The number of rotatable bonds is 9. The molecule has 6 nitrogen and oxygen atoms in total. The SMILES string of the molecule is COCCN(CCOC)C(=O)CSc1nc2ccccc2[nH]1. The van der Waals surface area contributed by atoms with Crippen molar-refractivity contribution in [2.75, 3.05) is 46.3 Å². The highest BCUT2D eigenvalue weighted by Gasteiger charge is 2.14. The number of nitrogens with zero attached hydrogens (tertiary/aromatic N) is 2. The number of hydrogen-bond donors (Lipinski definition) is 1. The molecule has 0 radical (unpaired) electrons. The van der Waals surface area contributed by atoms with E-state index < -0.39 is 0 Å². The van der Waals surface area contributed by atoms with Gasteiger partial charge in [0.25, 0.3) is 0 Å². The van der Waals surface area contributed by atoms with Gasteiger partial charge >= 0.3 is 0 Å². The highest BCUT2D eigenvalue weighted by molar-refractivity contribution is 7.99. The molecule has 0 aliphatic rings. The fourth-order valence-corrected chi connectivity index (χ4v) is 2.77. The second-order valence-corrected chi connectivity index (χ2v) is 5.68. The van der Waals surface area contributed by atoms with Gasteiger partial charge in [-0.15, -0.1) is 0 Å². The molecule has 0 unspecified atom stereocenters. The van der Waals surface area contributed by atoms with Crippen LogP contribution in [0.5, 0.6) is 0 Å². The first-order chi connectivity index (χ1) is 10.7. The van der Waals surface area contributed by atoms with E-state index in [1.807, 2.05) is 24.3 Å². The summed E-state index contributed by atoms with van der Waals surface area (Å²) in [6.45, 7) is 2.17. The van der Waals surface area contributed by atoms with Gasteiger partial charge in [-0.05, 0) is 12.1 Å². The van der Waals surface area contributed by atoms with Crippen LogP contribution in [-0.2, 0) is 14.3 Å². The Hall–Kier alpha value is -1.57. The molecule has 0 saturated carbocycles. The third kappa shape index (κ3) is 4.72. The van der Waals surface area contributed by atoms with E-state index in [-0.39, 0.29) is 5.91 Å². The molecule has 2 aromatic rings. The second kappa shape index (κ2) is 8.77. The number of carbonyl (C=O) groups is 1. The lowest BCUT2D eigenvalue weighted by atomic mass is 10.3. The lowest BCUT2D eigenvalue weighted by Gasteiger charge is -2.21. The Morgan fingerprint density at radius 2 is 1.91 bits per heavy atom. The van der Waals surface area contributed by atoms with Gasteiger partial charge in [0.05, 0.1) is 30.0 Å². The fourth-order valence-electron chi connectivity index (χ4n) is 1.98. The first-order valence-corrected chi connectivity index (χ1v) is 8.06. The quantitative estimate of drug-likeness (QED) is 0.713. The number of aromatic amines is 1. The number of para-hydroxylation sites is 2. The van der Waals surface area contributed by atoms with Crippen LogP contribution in [0.15, 0.2) is 29.4 Å². The Kier molecular flexibility index (Phi) is 6.70. The van der Waals surface area contributed by atoms with Crippen molar-refractivity contribution >= 4 is 28.7 Å². The Labute approximate surface area is 134 Å². The van der Waals surface area contributed by atoms with E-state index in [2.05, 4.69) is 9.97 Å². The van der Waals surface area contributed by atoms with Gasteiger partial charge in [-0.3, -0.25) is 4.79 Å². The lowest BCUT2D eigenvalue weighted by Crippen LogP contribution is -2.37. The Morgan fingerprint density at radius 1 is 1.23 bits per heavy atom. The third-order valence-electron chi connectivity index (χ3n) is 3.18. The van der Waals surface area contributed by atoms with Gasteiger partial charge in [-0.1, -0.05) is 23.9 Å². The Balaban J connectivity index is 1.90. The molecule has 1 N–H and O–H groups in total. The summed E-state index contributed by atoms with van der Waals surface area (Å²) in [7, 11) is 3.25. The molecule has 0 aliphatic carbocycles. The maximum Gasteiger partial charge on any atom is 0.233 e. The Bertz CT molecular complexity index is 561. The van der Waals surface area contributed by atoms with E-state index in [1.165, 1.54) is 11.8 Å². The summed E-state index contributed by atoms with van der Waals surface area (Å²) in [6.07, 6.45) is 0. The van der Waals surface area contributed by atoms with Crippen LogP contribution in [0.1, 0.15) is 0 Å². The van der Waals surface area contributed by atoms with Crippen molar-refractivity contribution in [1.82, 2.24) is 14.9 Å². The highest BCUT2D eigenvalue weighted by atomic mass is 32.2. The summed E-state index contributed by atoms with van der Waals surface area (Å²) in [6, 6.07) is 7.82. The van der Waals surface area contributed by atoms with Crippen LogP contribution < -0.4 is 0 Å². The highest BCUT2D eigenvalue weighted by Crippen LogP contribution is 2.19.